The average Bonchev–Trinajstić information content (AvgIpc) is 2.97. The van der Waals surface area contributed by atoms with Crippen LogP contribution in [-0.2, 0) is 4.79 Å². The molecule has 4 nitrogen and oxygen atoms in total. The summed E-state index contributed by atoms with van der Waals surface area (Å²) in [5.41, 5.74) is 6.20. The van der Waals surface area contributed by atoms with Crippen LogP contribution in [0.1, 0.15) is 39.5 Å². The molecular weight excluding hydrogens is 309 g/mol. The van der Waals surface area contributed by atoms with Crippen LogP contribution in [0.25, 0.3) is 0 Å². The minimum atomic E-state index is 0. The number of hydrogen-bond donors (Lipinski definition) is 2. The number of carbonyl (C=O) groups excluding carboxylic acids is 1. The van der Waals surface area contributed by atoms with Crippen molar-refractivity contribution in [3.8, 4) is 0 Å². The smallest absolute Gasteiger partial charge is 0.225 e. The fraction of sp³-hybridized carbons (Fsp3) is 0.933. The van der Waals surface area contributed by atoms with Crippen LogP contribution in [0.15, 0.2) is 0 Å². The summed E-state index contributed by atoms with van der Waals surface area (Å²) in [7, 11) is 2.11. The second-order valence-electron chi connectivity index (χ2n) is 6.47. The second kappa shape index (κ2) is 9.19. The molecule has 2 aliphatic carbocycles. The predicted octanol–water partition coefficient (Wildman–Crippen LogP) is 2.05. The Labute approximate surface area is 141 Å². The van der Waals surface area contributed by atoms with Crippen molar-refractivity contribution in [1.82, 2.24) is 10.2 Å². The Kier molecular flexibility index (Phi) is 9.17. The zero-order valence-corrected chi connectivity index (χ0v) is 15.0. The zero-order valence-electron chi connectivity index (χ0n) is 13.4. The lowest BCUT2D eigenvalue weighted by Gasteiger charge is -2.28. The third kappa shape index (κ3) is 4.72. The Balaban J connectivity index is 0.00000200. The van der Waals surface area contributed by atoms with Crippen molar-refractivity contribution in [2.75, 3.05) is 20.1 Å². The molecule has 6 heteroatoms. The number of fused-ring (bicyclic) bond motifs is 2. The van der Waals surface area contributed by atoms with E-state index in [1.54, 1.807) is 0 Å². The maximum Gasteiger partial charge on any atom is 0.225 e. The van der Waals surface area contributed by atoms with Crippen molar-refractivity contribution < 1.29 is 4.79 Å². The fourth-order valence-corrected chi connectivity index (χ4v) is 3.73. The van der Waals surface area contributed by atoms with Gasteiger partial charge in [0.05, 0.1) is 5.92 Å². The Morgan fingerprint density at radius 1 is 1.33 bits per heavy atom. The van der Waals surface area contributed by atoms with E-state index in [1.807, 2.05) is 0 Å². The molecule has 0 aromatic heterocycles. The largest absolute Gasteiger partial charge is 0.355 e. The van der Waals surface area contributed by atoms with Gasteiger partial charge in [0.2, 0.25) is 5.91 Å². The van der Waals surface area contributed by atoms with Crippen LogP contribution < -0.4 is 11.1 Å². The number of amides is 1. The van der Waals surface area contributed by atoms with Gasteiger partial charge in [0, 0.05) is 25.2 Å². The van der Waals surface area contributed by atoms with E-state index in [-0.39, 0.29) is 42.7 Å². The van der Waals surface area contributed by atoms with Gasteiger partial charge in [-0.1, -0.05) is 6.92 Å². The average molecular weight is 340 g/mol. The molecule has 5 unspecified atom stereocenters. The normalized spacial score (nSPS) is 31.5. The second-order valence-corrected chi connectivity index (χ2v) is 6.47. The van der Waals surface area contributed by atoms with Crippen LogP contribution in [0.5, 0.6) is 0 Å². The summed E-state index contributed by atoms with van der Waals surface area (Å²) >= 11 is 0. The fourth-order valence-electron chi connectivity index (χ4n) is 3.73. The minimum Gasteiger partial charge on any atom is -0.355 e. The molecular formula is C15H31Cl2N3O. The molecule has 1 amide bonds. The van der Waals surface area contributed by atoms with Gasteiger partial charge in [-0.15, -0.1) is 24.8 Å². The number of likely N-dealkylation sites (N-methyl/N-ethyl adjacent to an activating group) is 1. The first-order valence-corrected chi connectivity index (χ1v) is 7.78. The van der Waals surface area contributed by atoms with Gasteiger partial charge in [0.1, 0.15) is 0 Å². The zero-order chi connectivity index (χ0) is 14.0. The van der Waals surface area contributed by atoms with E-state index in [4.69, 9.17) is 5.73 Å². The van der Waals surface area contributed by atoms with E-state index in [2.05, 4.69) is 31.1 Å². The predicted molar refractivity (Wildman–Crippen MR) is 92.2 cm³/mol. The molecule has 2 aliphatic rings. The molecule has 0 spiro atoms. The van der Waals surface area contributed by atoms with Crippen LogP contribution in [0, 0.1) is 17.8 Å². The van der Waals surface area contributed by atoms with Gasteiger partial charge in [-0.3, -0.25) is 4.79 Å². The number of nitrogens with two attached hydrogens (primary N) is 1. The van der Waals surface area contributed by atoms with Gasteiger partial charge >= 0.3 is 0 Å². The molecule has 126 valence electrons. The van der Waals surface area contributed by atoms with E-state index in [0.717, 1.165) is 19.5 Å². The van der Waals surface area contributed by atoms with Crippen molar-refractivity contribution >= 4 is 30.7 Å². The molecule has 0 saturated heterocycles. The molecule has 2 fully saturated rings. The molecule has 2 saturated carbocycles. The van der Waals surface area contributed by atoms with Crippen LogP contribution >= 0.6 is 24.8 Å². The molecule has 0 heterocycles. The van der Waals surface area contributed by atoms with Gasteiger partial charge in [-0.25, -0.2) is 0 Å². The lowest BCUT2D eigenvalue weighted by molar-refractivity contribution is -0.127. The molecule has 0 radical (unpaired) electrons. The number of halogens is 2. The molecule has 0 aliphatic heterocycles. The van der Waals surface area contributed by atoms with Crippen molar-refractivity contribution in [2.24, 2.45) is 23.5 Å². The quantitative estimate of drug-likeness (QED) is 0.778. The van der Waals surface area contributed by atoms with E-state index in [9.17, 15) is 4.79 Å². The number of nitrogens with one attached hydrogen (secondary N) is 1. The molecule has 0 aromatic carbocycles. The van der Waals surface area contributed by atoms with E-state index >= 15 is 0 Å². The monoisotopic (exact) mass is 339 g/mol. The molecule has 21 heavy (non-hydrogen) atoms. The highest BCUT2D eigenvalue weighted by Crippen LogP contribution is 2.47. The first-order chi connectivity index (χ1) is 9.04. The molecule has 3 N–H and O–H groups in total. The summed E-state index contributed by atoms with van der Waals surface area (Å²) in [4.78, 5) is 14.5. The molecule has 2 rings (SSSR count). The van der Waals surface area contributed by atoms with Crippen molar-refractivity contribution in [1.29, 1.82) is 0 Å². The maximum absolute atomic E-state index is 12.3. The summed E-state index contributed by atoms with van der Waals surface area (Å²) in [6.07, 6.45) is 4.74. The highest BCUT2D eigenvalue weighted by Gasteiger charge is 2.48. The molecule has 0 aromatic rings. The van der Waals surface area contributed by atoms with Gasteiger partial charge < -0.3 is 16.0 Å². The maximum atomic E-state index is 12.3. The lowest BCUT2D eigenvalue weighted by Crippen LogP contribution is -2.47. The van der Waals surface area contributed by atoms with Gasteiger partial charge in [-0.05, 0) is 51.5 Å². The van der Waals surface area contributed by atoms with Gasteiger partial charge in [0.15, 0.2) is 0 Å². The van der Waals surface area contributed by atoms with Gasteiger partial charge in [-0.2, -0.15) is 0 Å². The van der Waals surface area contributed by atoms with E-state index in [0.29, 0.717) is 17.9 Å². The highest BCUT2D eigenvalue weighted by molar-refractivity contribution is 5.85. The summed E-state index contributed by atoms with van der Waals surface area (Å²) in [5, 5.41) is 3.09. The summed E-state index contributed by atoms with van der Waals surface area (Å²) in [6, 6.07) is 0.674. The standard InChI is InChI=1S/C15H29N3O.2ClH/c1-4-10(2)18(3)8-7-17-15(19)13-11-5-6-12(9-11)14(13)16;;/h10-14H,4-9,16H2,1-3H3,(H,17,19);2*1H. The molecule has 2 bridgehead atoms. The number of hydrogen-bond acceptors (Lipinski definition) is 3. The number of nitrogens with zero attached hydrogens (tertiary/aromatic N) is 1. The van der Waals surface area contributed by atoms with Gasteiger partial charge in [0.25, 0.3) is 0 Å². The topological polar surface area (TPSA) is 58.4 Å². The number of carbonyl (C=O) groups is 1. The summed E-state index contributed by atoms with van der Waals surface area (Å²) in [6.45, 7) is 6.05. The Hall–Kier alpha value is -0.0300. The van der Waals surface area contributed by atoms with Crippen LogP contribution in [0.4, 0.5) is 0 Å². The third-order valence-electron chi connectivity index (χ3n) is 5.39. The number of rotatable bonds is 6. The van der Waals surface area contributed by atoms with E-state index < -0.39 is 0 Å². The SMILES string of the molecule is CCC(C)N(C)CCNC(=O)C1C2CCC(C2)C1N.Cl.Cl. The summed E-state index contributed by atoms with van der Waals surface area (Å²) in [5.74, 6) is 1.42. The first-order valence-electron chi connectivity index (χ1n) is 7.78. The van der Waals surface area contributed by atoms with Crippen LogP contribution in [0.3, 0.4) is 0 Å². The van der Waals surface area contributed by atoms with Crippen LogP contribution in [-0.4, -0.2) is 43.0 Å². The van der Waals surface area contributed by atoms with Crippen molar-refractivity contribution in [3.05, 3.63) is 0 Å². The third-order valence-corrected chi connectivity index (χ3v) is 5.39. The van der Waals surface area contributed by atoms with E-state index in [1.165, 1.54) is 19.3 Å². The van der Waals surface area contributed by atoms with Crippen molar-refractivity contribution in [3.63, 3.8) is 0 Å². The first kappa shape index (κ1) is 21.0. The molecule has 5 atom stereocenters. The lowest BCUT2D eigenvalue weighted by atomic mass is 9.84. The van der Waals surface area contributed by atoms with Crippen LogP contribution in [0.2, 0.25) is 0 Å². The summed E-state index contributed by atoms with van der Waals surface area (Å²) < 4.78 is 0. The Morgan fingerprint density at radius 3 is 2.48 bits per heavy atom. The Bertz CT molecular complexity index is 328. The Morgan fingerprint density at radius 2 is 1.95 bits per heavy atom. The highest BCUT2D eigenvalue weighted by atomic mass is 35.5. The van der Waals surface area contributed by atoms with Crippen molar-refractivity contribution in [2.45, 2.75) is 51.6 Å². The minimum absolute atomic E-state index is 0.